The highest BCUT2D eigenvalue weighted by Gasteiger charge is 2.08. The second kappa shape index (κ2) is 5.59. The fraction of sp³-hybridized carbons (Fsp3) is 0.455. The summed E-state index contributed by atoms with van der Waals surface area (Å²) in [6, 6.07) is 3.86. The first-order valence-electron chi connectivity index (χ1n) is 4.86. The molecule has 0 atom stereocenters. The average Bonchev–Trinajstić information content (AvgIpc) is 2.18. The minimum atomic E-state index is 0.400. The molecular weight excluding hydrogens is 217 g/mol. The van der Waals surface area contributed by atoms with Crippen LogP contribution in [-0.4, -0.2) is 0 Å². The van der Waals surface area contributed by atoms with Gasteiger partial charge < -0.3 is 5.73 Å². The predicted molar refractivity (Wildman–Crippen MR) is 63.0 cm³/mol. The van der Waals surface area contributed by atoms with Crippen molar-refractivity contribution in [2.45, 2.75) is 32.7 Å². The largest absolute Gasteiger partial charge is 0.326 e. The molecule has 0 unspecified atom stereocenters. The maximum Gasteiger partial charge on any atom is 0.0497 e. The summed E-state index contributed by atoms with van der Waals surface area (Å²) in [6.07, 6.45) is 3.31. The number of halogens is 2. The second-order valence-corrected chi connectivity index (χ2v) is 4.09. The molecule has 1 nitrogen and oxygen atoms in total. The molecule has 0 spiro atoms. The Balaban J connectivity index is 2.96. The van der Waals surface area contributed by atoms with Crippen molar-refractivity contribution in [2.75, 3.05) is 0 Å². The van der Waals surface area contributed by atoms with Gasteiger partial charge in [0.1, 0.15) is 0 Å². The van der Waals surface area contributed by atoms with Gasteiger partial charge in [0.25, 0.3) is 0 Å². The monoisotopic (exact) mass is 231 g/mol. The third-order valence-corrected chi connectivity index (χ3v) is 3.09. The van der Waals surface area contributed by atoms with Gasteiger partial charge in [-0.3, -0.25) is 0 Å². The molecule has 0 fully saturated rings. The van der Waals surface area contributed by atoms with Gasteiger partial charge in [-0.1, -0.05) is 42.6 Å². The van der Waals surface area contributed by atoms with Gasteiger partial charge in [-0.15, -0.1) is 0 Å². The molecule has 1 aromatic rings. The van der Waals surface area contributed by atoms with Gasteiger partial charge in [0, 0.05) is 22.2 Å². The number of aryl methyl sites for hydroxylation is 1. The van der Waals surface area contributed by atoms with Crippen LogP contribution in [0.1, 0.15) is 30.9 Å². The molecule has 0 aromatic heterocycles. The average molecular weight is 232 g/mol. The van der Waals surface area contributed by atoms with E-state index in [0.717, 1.165) is 35.4 Å². The summed E-state index contributed by atoms with van der Waals surface area (Å²) in [5.74, 6) is 0. The van der Waals surface area contributed by atoms with E-state index in [9.17, 15) is 0 Å². The van der Waals surface area contributed by atoms with Gasteiger partial charge in [-0.2, -0.15) is 0 Å². The number of nitrogens with two attached hydrogens (primary N) is 1. The number of unbranched alkanes of at least 4 members (excludes halogenated alkanes) is 1. The highest BCUT2D eigenvalue weighted by Crippen LogP contribution is 2.28. The van der Waals surface area contributed by atoms with E-state index in [2.05, 4.69) is 6.92 Å². The van der Waals surface area contributed by atoms with Crippen LogP contribution in [0.25, 0.3) is 0 Å². The summed E-state index contributed by atoms with van der Waals surface area (Å²) >= 11 is 12.2. The van der Waals surface area contributed by atoms with E-state index in [1.165, 1.54) is 0 Å². The fourth-order valence-corrected chi connectivity index (χ4v) is 2.01. The van der Waals surface area contributed by atoms with Crippen LogP contribution < -0.4 is 5.73 Å². The summed E-state index contributed by atoms with van der Waals surface area (Å²) < 4.78 is 0. The molecule has 1 rings (SSSR count). The maximum atomic E-state index is 6.19. The predicted octanol–water partition coefficient (Wildman–Crippen LogP) is 3.79. The van der Waals surface area contributed by atoms with Crippen LogP contribution >= 0.6 is 23.2 Å². The van der Waals surface area contributed by atoms with Gasteiger partial charge >= 0.3 is 0 Å². The molecule has 0 radical (unpaired) electrons. The zero-order valence-electron chi connectivity index (χ0n) is 8.32. The van der Waals surface area contributed by atoms with Crippen molar-refractivity contribution in [3.8, 4) is 0 Å². The summed E-state index contributed by atoms with van der Waals surface area (Å²) in [5.41, 5.74) is 7.59. The van der Waals surface area contributed by atoms with Crippen molar-refractivity contribution in [3.05, 3.63) is 33.3 Å². The molecule has 1 aromatic carbocycles. The number of rotatable bonds is 4. The molecule has 78 valence electrons. The molecule has 2 N–H and O–H groups in total. The van der Waals surface area contributed by atoms with Crippen molar-refractivity contribution in [1.29, 1.82) is 0 Å². The number of benzene rings is 1. The molecule has 14 heavy (non-hydrogen) atoms. The smallest absolute Gasteiger partial charge is 0.0497 e. The Hall–Kier alpha value is -0.240. The van der Waals surface area contributed by atoms with Gasteiger partial charge in [0.2, 0.25) is 0 Å². The quantitative estimate of drug-likeness (QED) is 0.839. The molecular formula is C11H15Cl2N. The molecule has 0 heterocycles. The van der Waals surface area contributed by atoms with Crippen molar-refractivity contribution < 1.29 is 0 Å². The van der Waals surface area contributed by atoms with Gasteiger partial charge in [-0.25, -0.2) is 0 Å². The molecule has 0 amide bonds. The fourth-order valence-electron chi connectivity index (χ4n) is 1.39. The van der Waals surface area contributed by atoms with E-state index < -0.39 is 0 Å². The first-order chi connectivity index (χ1) is 6.70. The lowest BCUT2D eigenvalue weighted by molar-refractivity contribution is 0.794. The van der Waals surface area contributed by atoms with Gasteiger partial charge in [0.15, 0.2) is 0 Å². The summed E-state index contributed by atoms with van der Waals surface area (Å²) in [6.45, 7) is 2.56. The molecule has 0 saturated heterocycles. The molecule has 3 heteroatoms. The van der Waals surface area contributed by atoms with Crippen LogP contribution in [0.4, 0.5) is 0 Å². The second-order valence-electron chi connectivity index (χ2n) is 3.31. The van der Waals surface area contributed by atoms with Crippen LogP contribution in [0.15, 0.2) is 12.1 Å². The molecule has 0 aliphatic heterocycles. The Kier molecular flexibility index (Phi) is 4.73. The minimum absolute atomic E-state index is 0.400. The van der Waals surface area contributed by atoms with Crippen LogP contribution in [-0.2, 0) is 13.0 Å². The van der Waals surface area contributed by atoms with Crippen LogP contribution in [0.2, 0.25) is 10.0 Å². The van der Waals surface area contributed by atoms with Crippen LogP contribution in [0, 0.1) is 0 Å². The number of hydrogen-bond acceptors (Lipinski definition) is 1. The standard InChI is InChI=1S/C11H15Cl2N/c1-2-3-4-8-5-6-10(12)9(7-14)11(8)13/h5-6H,2-4,7,14H2,1H3. The van der Waals surface area contributed by atoms with Crippen molar-refractivity contribution in [3.63, 3.8) is 0 Å². The van der Waals surface area contributed by atoms with E-state index in [1.54, 1.807) is 0 Å². The Morgan fingerprint density at radius 2 is 2.00 bits per heavy atom. The Bertz CT molecular complexity index is 310. The zero-order valence-corrected chi connectivity index (χ0v) is 9.83. The van der Waals surface area contributed by atoms with Crippen molar-refractivity contribution in [2.24, 2.45) is 5.73 Å². The van der Waals surface area contributed by atoms with E-state index in [1.807, 2.05) is 12.1 Å². The lowest BCUT2D eigenvalue weighted by Gasteiger charge is -2.09. The van der Waals surface area contributed by atoms with E-state index >= 15 is 0 Å². The summed E-state index contributed by atoms with van der Waals surface area (Å²) in [4.78, 5) is 0. The lowest BCUT2D eigenvalue weighted by atomic mass is 10.1. The Labute approximate surface area is 95.2 Å². The van der Waals surface area contributed by atoms with Crippen LogP contribution in [0.5, 0.6) is 0 Å². The topological polar surface area (TPSA) is 26.0 Å². The first kappa shape index (κ1) is 11.8. The summed E-state index contributed by atoms with van der Waals surface area (Å²) in [5, 5.41) is 1.41. The summed E-state index contributed by atoms with van der Waals surface area (Å²) in [7, 11) is 0. The minimum Gasteiger partial charge on any atom is -0.326 e. The Morgan fingerprint density at radius 1 is 1.29 bits per heavy atom. The zero-order chi connectivity index (χ0) is 10.6. The lowest BCUT2D eigenvalue weighted by Crippen LogP contribution is -2.00. The van der Waals surface area contributed by atoms with E-state index in [0.29, 0.717) is 11.6 Å². The molecule has 0 aliphatic rings. The van der Waals surface area contributed by atoms with Crippen molar-refractivity contribution >= 4 is 23.2 Å². The van der Waals surface area contributed by atoms with E-state index in [-0.39, 0.29) is 0 Å². The highest BCUT2D eigenvalue weighted by molar-refractivity contribution is 6.36. The van der Waals surface area contributed by atoms with Gasteiger partial charge in [0.05, 0.1) is 0 Å². The van der Waals surface area contributed by atoms with Gasteiger partial charge in [-0.05, 0) is 24.5 Å². The molecule has 0 saturated carbocycles. The van der Waals surface area contributed by atoms with Crippen LogP contribution in [0.3, 0.4) is 0 Å². The maximum absolute atomic E-state index is 6.19. The van der Waals surface area contributed by atoms with E-state index in [4.69, 9.17) is 28.9 Å². The molecule has 0 bridgehead atoms. The third kappa shape index (κ3) is 2.63. The number of hydrogen-bond donors (Lipinski definition) is 1. The van der Waals surface area contributed by atoms with Crippen molar-refractivity contribution in [1.82, 2.24) is 0 Å². The third-order valence-electron chi connectivity index (χ3n) is 2.27. The normalized spacial score (nSPS) is 10.6. The Morgan fingerprint density at radius 3 is 2.57 bits per heavy atom. The first-order valence-corrected chi connectivity index (χ1v) is 5.62. The SMILES string of the molecule is CCCCc1ccc(Cl)c(CN)c1Cl. The molecule has 0 aliphatic carbocycles. The highest BCUT2D eigenvalue weighted by atomic mass is 35.5.